The summed E-state index contributed by atoms with van der Waals surface area (Å²) < 4.78 is 0. The average Bonchev–Trinajstić information content (AvgIpc) is 3.11. The zero-order valence-electron chi connectivity index (χ0n) is 9.55. The third kappa shape index (κ3) is 2.01. The largest absolute Gasteiger partial charge is 0.478 e. The summed E-state index contributed by atoms with van der Waals surface area (Å²) in [4.78, 5) is 17.0. The summed E-state index contributed by atoms with van der Waals surface area (Å²) in [6.45, 7) is 2.14. The second kappa shape index (κ2) is 4.12. The van der Waals surface area contributed by atoms with Gasteiger partial charge < -0.3 is 10.0 Å². The van der Waals surface area contributed by atoms with Crippen LogP contribution >= 0.6 is 0 Å². The van der Waals surface area contributed by atoms with Crippen LogP contribution in [-0.2, 0) is 0 Å². The summed E-state index contributed by atoms with van der Waals surface area (Å²) in [5.74, 6) is -0.210. The molecule has 1 atom stereocenters. The minimum Gasteiger partial charge on any atom is -0.478 e. The second-order valence-electron chi connectivity index (χ2n) is 4.39. The number of rotatable bonds is 4. The SMILES string of the molecule is CC(C1CC1)N(C)c1ccncc1C(=O)O. The highest BCUT2D eigenvalue weighted by molar-refractivity contribution is 5.94. The summed E-state index contributed by atoms with van der Waals surface area (Å²) in [7, 11) is 1.95. The fourth-order valence-corrected chi connectivity index (χ4v) is 1.97. The molecule has 1 aromatic rings. The van der Waals surface area contributed by atoms with E-state index in [0.717, 1.165) is 5.69 Å². The number of carboxylic acid groups (broad SMARTS) is 1. The van der Waals surface area contributed by atoms with Crippen LogP contribution in [0.1, 0.15) is 30.1 Å². The van der Waals surface area contributed by atoms with E-state index in [-0.39, 0.29) is 5.56 Å². The lowest BCUT2D eigenvalue weighted by Gasteiger charge is -2.28. The van der Waals surface area contributed by atoms with Gasteiger partial charge in [-0.25, -0.2) is 4.79 Å². The Balaban J connectivity index is 2.27. The van der Waals surface area contributed by atoms with Gasteiger partial charge in [0.25, 0.3) is 0 Å². The van der Waals surface area contributed by atoms with E-state index in [1.807, 2.05) is 11.9 Å². The first kappa shape index (κ1) is 10.9. The number of carboxylic acids is 1. The zero-order valence-corrected chi connectivity index (χ0v) is 9.55. The number of hydrogen-bond acceptors (Lipinski definition) is 3. The molecule has 0 aromatic carbocycles. The molecule has 16 heavy (non-hydrogen) atoms. The molecule has 0 radical (unpaired) electrons. The van der Waals surface area contributed by atoms with E-state index < -0.39 is 5.97 Å². The fourth-order valence-electron chi connectivity index (χ4n) is 1.97. The quantitative estimate of drug-likeness (QED) is 0.843. The standard InChI is InChI=1S/C12H16N2O2/c1-8(9-3-4-9)14(2)11-5-6-13-7-10(11)12(15)16/h5-9H,3-4H2,1-2H3,(H,15,16). The number of hydrogen-bond donors (Lipinski definition) is 1. The third-order valence-corrected chi connectivity index (χ3v) is 3.32. The summed E-state index contributed by atoms with van der Waals surface area (Å²) >= 11 is 0. The maximum Gasteiger partial charge on any atom is 0.339 e. The highest BCUT2D eigenvalue weighted by atomic mass is 16.4. The van der Waals surface area contributed by atoms with Gasteiger partial charge in [-0.2, -0.15) is 0 Å². The molecule has 0 saturated heterocycles. The molecule has 1 saturated carbocycles. The lowest BCUT2D eigenvalue weighted by atomic mass is 10.1. The number of anilines is 1. The van der Waals surface area contributed by atoms with Crippen LogP contribution in [0.25, 0.3) is 0 Å². The maximum atomic E-state index is 11.1. The molecule has 1 aromatic heterocycles. The monoisotopic (exact) mass is 220 g/mol. The molecule has 4 nitrogen and oxygen atoms in total. The fraction of sp³-hybridized carbons (Fsp3) is 0.500. The van der Waals surface area contributed by atoms with Crippen molar-refractivity contribution in [2.75, 3.05) is 11.9 Å². The van der Waals surface area contributed by atoms with E-state index in [1.165, 1.54) is 19.0 Å². The average molecular weight is 220 g/mol. The second-order valence-corrected chi connectivity index (χ2v) is 4.39. The molecule has 1 aliphatic rings. The van der Waals surface area contributed by atoms with Gasteiger partial charge in [0, 0.05) is 25.5 Å². The van der Waals surface area contributed by atoms with E-state index in [4.69, 9.17) is 5.11 Å². The Kier molecular flexibility index (Phi) is 2.81. The topological polar surface area (TPSA) is 53.4 Å². The Morgan fingerprint density at radius 3 is 2.88 bits per heavy atom. The van der Waals surface area contributed by atoms with Crippen LogP contribution in [-0.4, -0.2) is 29.1 Å². The molecule has 0 amide bonds. The Morgan fingerprint density at radius 1 is 1.62 bits per heavy atom. The molecule has 2 rings (SSSR count). The van der Waals surface area contributed by atoms with Crippen molar-refractivity contribution in [2.45, 2.75) is 25.8 Å². The van der Waals surface area contributed by atoms with Crippen LogP contribution in [0.3, 0.4) is 0 Å². The molecule has 1 heterocycles. The first-order valence-corrected chi connectivity index (χ1v) is 5.51. The minimum atomic E-state index is -0.919. The van der Waals surface area contributed by atoms with Crippen molar-refractivity contribution in [1.29, 1.82) is 0 Å². The third-order valence-electron chi connectivity index (χ3n) is 3.32. The van der Waals surface area contributed by atoms with E-state index in [9.17, 15) is 4.79 Å². The van der Waals surface area contributed by atoms with E-state index in [1.54, 1.807) is 12.3 Å². The van der Waals surface area contributed by atoms with Crippen LogP contribution in [0.5, 0.6) is 0 Å². The summed E-state index contributed by atoms with van der Waals surface area (Å²) in [5.41, 5.74) is 1.03. The van der Waals surface area contributed by atoms with Crippen molar-refractivity contribution >= 4 is 11.7 Å². The molecule has 1 unspecified atom stereocenters. The van der Waals surface area contributed by atoms with Crippen LogP contribution in [0, 0.1) is 5.92 Å². The molecular weight excluding hydrogens is 204 g/mol. The van der Waals surface area contributed by atoms with Gasteiger partial charge in [-0.1, -0.05) is 0 Å². The van der Waals surface area contributed by atoms with Crippen LogP contribution in [0.2, 0.25) is 0 Å². The Morgan fingerprint density at radius 2 is 2.31 bits per heavy atom. The lowest BCUT2D eigenvalue weighted by molar-refractivity contribution is 0.0697. The highest BCUT2D eigenvalue weighted by Crippen LogP contribution is 2.36. The maximum absolute atomic E-state index is 11.1. The molecule has 0 spiro atoms. The summed E-state index contributed by atoms with van der Waals surface area (Å²) in [6.07, 6.45) is 5.55. The van der Waals surface area contributed by atoms with Gasteiger partial charge in [-0.15, -0.1) is 0 Å². The number of nitrogens with zero attached hydrogens (tertiary/aromatic N) is 2. The molecule has 4 heteroatoms. The predicted octanol–water partition coefficient (Wildman–Crippen LogP) is 2.01. The van der Waals surface area contributed by atoms with Crippen molar-refractivity contribution in [3.8, 4) is 0 Å². The number of aromatic carboxylic acids is 1. The highest BCUT2D eigenvalue weighted by Gasteiger charge is 2.31. The Labute approximate surface area is 94.9 Å². The van der Waals surface area contributed by atoms with E-state index in [0.29, 0.717) is 12.0 Å². The van der Waals surface area contributed by atoms with Crippen molar-refractivity contribution in [3.63, 3.8) is 0 Å². The molecule has 0 bridgehead atoms. The van der Waals surface area contributed by atoms with E-state index in [2.05, 4.69) is 11.9 Å². The van der Waals surface area contributed by atoms with Gasteiger partial charge in [0.2, 0.25) is 0 Å². The van der Waals surface area contributed by atoms with Gasteiger partial charge in [0.1, 0.15) is 5.56 Å². The molecular formula is C12H16N2O2. The normalized spacial score (nSPS) is 16.9. The molecule has 1 N–H and O–H groups in total. The van der Waals surface area contributed by atoms with Gasteiger partial charge in [-0.05, 0) is 31.7 Å². The summed E-state index contributed by atoms with van der Waals surface area (Å²) in [5, 5.41) is 9.08. The van der Waals surface area contributed by atoms with Gasteiger partial charge in [-0.3, -0.25) is 4.98 Å². The van der Waals surface area contributed by atoms with Crippen LogP contribution in [0.15, 0.2) is 18.5 Å². The number of pyridine rings is 1. The minimum absolute atomic E-state index is 0.275. The summed E-state index contributed by atoms with van der Waals surface area (Å²) in [6, 6.07) is 2.16. The zero-order chi connectivity index (χ0) is 11.7. The van der Waals surface area contributed by atoms with Crippen molar-refractivity contribution in [1.82, 2.24) is 4.98 Å². The predicted molar refractivity (Wildman–Crippen MR) is 61.8 cm³/mol. The number of aromatic nitrogens is 1. The Hall–Kier alpha value is -1.58. The van der Waals surface area contributed by atoms with Gasteiger partial charge in [0.05, 0.1) is 5.69 Å². The van der Waals surface area contributed by atoms with Crippen molar-refractivity contribution < 1.29 is 9.90 Å². The Bertz CT molecular complexity index is 402. The van der Waals surface area contributed by atoms with Gasteiger partial charge >= 0.3 is 5.97 Å². The van der Waals surface area contributed by atoms with Crippen LogP contribution < -0.4 is 4.90 Å². The van der Waals surface area contributed by atoms with Crippen LogP contribution in [0.4, 0.5) is 5.69 Å². The van der Waals surface area contributed by atoms with Crippen molar-refractivity contribution in [3.05, 3.63) is 24.0 Å². The molecule has 86 valence electrons. The smallest absolute Gasteiger partial charge is 0.339 e. The van der Waals surface area contributed by atoms with E-state index >= 15 is 0 Å². The lowest BCUT2D eigenvalue weighted by Crippen LogP contribution is -2.31. The molecule has 0 aliphatic heterocycles. The molecule has 1 fully saturated rings. The first-order chi connectivity index (χ1) is 7.61. The van der Waals surface area contributed by atoms with Crippen molar-refractivity contribution in [2.24, 2.45) is 5.92 Å². The number of carbonyl (C=O) groups is 1. The van der Waals surface area contributed by atoms with Gasteiger partial charge in [0.15, 0.2) is 0 Å². The molecule has 1 aliphatic carbocycles. The first-order valence-electron chi connectivity index (χ1n) is 5.51.